The van der Waals surface area contributed by atoms with Crippen molar-refractivity contribution in [2.75, 3.05) is 6.54 Å². The van der Waals surface area contributed by atoms with Gasteiger partial charge in [0.2, 0.25) is 5.91 Å². The Morgan fingerprint density at radius 3 is 2.85 bits per heavy atom. The lowest BCUT2D eigenvalue weighted by Gasteiger charge is -2.21. The maximum atomic E-state index is 11.4. The average molecular weight is 183 g/mol. The van der Waals surface area contributed by atoms with Crippen LogP contribution < -0.4 is 5.32 Å². The Balaban J connectivity index is 2.43. The van der Waals surface area contributed by atoms with E-state index in [2.05, 4.69) is 5.32 Å². The van der Waals surface area contributed by atoms with Crippen LogP contribution >= 0.6 is 0 Å². The third-order valence-corrected chi connectivity index (χ3v) is 2.49. The summed E-state index contributed by atoms with van der Waals surface area (Å²) >= 11 is 0. The van der Waals surface area contributed by atoms with Gasteiger partial charge in [-0.05, 0) is 12.8 Å². The molecule has 0 radical (unpaired) electrons. The van der Waals surface area contributed by atoms with Crippen molar-refractivity contribution in [3.63, 3.8) is 0 Å². The third kappa shape index (κ3) is 2.83. The van der Waals surface area contributed by atoms with E-state index in [0.29, 0.717) is 6.42 Å². The molecule has 1 rings (SSSR count). The van der Waals surface area contributed by atoms with Gasteiger partial charge in [0.15, 0.2) is 0 Å². The van der Waals surface area contributed by atoms with Crippen LogP contribution in [-0.2, 0) is 9.59 Å². The average Bonchev–Trinajstić information content (AvgIpc) is 2.08. The zero-order valence-electron chi connectivity index (χ0n) is 8.30. The molecule has 1 unspecified atom stereocenters. The molecule has 0 aromatic heterocycles. The summed E-state index contributed by atoms with van der Waals surface area (Å²) in [4.78, 5) is 22.7. The highest BCUT2D eigenvalue weighted by atomic mass is 16.2. The van der Waals surface area contributed by atoms with Crippen LogP contribution in [0.3, 0.4) is 0 Å². The zero-order chi connectivity index (χ0) is 9.84. The van der Waals surface area contributed by atoms with E-state index < -0.39 is 0 Å². The van der Waals surface area contributed by atoms with Crippen LogP contribution in [0.5, 0.6) is 0 Å². The minimum absolute atomic E-state index is 0.0507. The fraction of sp³-hybridized carbons (Fsp3) is 0.800. The smallest absolute Gasteiger partial charge is 0.223 e. The first kappa shape index (κ1) is 10.2. The minimum atomic E-state index is -0.0661. The first-order chi connectivity index (χ1) is 6.11. The molecule has 0 spiro atoms. The molecule has 0 aromatic rings. The molecule has 0 saturated carbocycles. The molecule has 1 amide bonds. The van der Waals surface area contributed by atoms with Crippen LogP contribution in [0, 0.1) is 11.8 Å². The van der Waals surface area contributed by atoms with Crippen LogP contribution in [0.15, 0.2) is 0 Å². The Bertz CT molecular complexity index is 211. The largest absolute Gasteiger partial charge is 0.356 e. The molecule has 1 heterocycles. The molecule has 0 aromatic carbocycles. The molecular formula is C10H17NO2. The van der Waals surface area contributed by atoms with Gasteiger partial charge in [-0.2, -0.15) is 0 Å². The van der Waals surface area contributed by atoms with Crippen molar-refractivity contribution < 1.29 is 9.59 Å². The predicted octanol–water partition coefficient (Wildman–Crippen LogP) is 1.13. The van der Waals surface area contributed by atoms with Gasteiger partial charge in [-0.25, -0.2) is 0 Å². The summed E-state index contributed by atoms with van der Waals surface area (Å²) < 4.78 is 0. The topological polar surface area (TPSA) is 46.2 Å². The Hall–Kier alpha value is -0.860. The van der Waals surface area contributed by atoms with E-state index in [0.717, 1.165) is 19.4 Å². The van der Waals surface area contributed by atoms with E-state index in [1.54, 1.807) is 0 Å². The van der Waals surface area contributed by atoms with Crippen molar-refractivity contribution >= 4 is 11.7 Å². The summed E-state index contributed by atoms with van der Waals surface area (Å²) in [5.74, 6) is 0.237. The first-order valence-electron chi connectivity index (χ1n) is 4.91. The van der Waals surface area contributed by atoms with E-state index in [9.17, 15) is 9.59 Å². The summed E-state index contributed by atoms with van der Waals surface area (Å²) in [6.45, 7) is 4.53. The molecule has 1 saturated heterocycles. The Morgan fingerprint density at radius 2 is 2.31 bits per heavy atom. The molecule has 74 valence electrons. The summed E-state index contributed by atoms with van der Waals surface area (Å²) in [5, 5.41) is 2.79. The van der Waals surface area contributed by atoms with Crippen molar-refractivity contribution in [3.05, 3.63) is 0 Å². The molecule has 1 aliphatic rings. The van der Waals surface area contributed by atoms with Gasteiger partial charge in [0.25, 0.3) is 0 Å². The fourth-order valence-electron chi connectivity index (χ4n) is 1.51. The van der Waals surface area contributed by atoms with E-state index >= 15 is 0 Å². The molecule has 3 heteroatoms. The first-order valence-corrected chi connectivity index (χ1v) is 4.91. The normalized spacial score (nSPS) is 23.0. The van der Waals surface area contributed by atoms with E-state index in [1.165, 1.54) is 0 Å². The monoisotopic (exact) mass is 183 g/mol. The van der Waals surface area contributed by atoms with Gasteiger partial charge in [0.05, 0.1) is 0 Å². The van der Waals surface area contributed by atoms with Gasteiger partial charge in [-0.1, -0.05) is 13.8 Å². The number of Topliss-reactive ketones (excluding diaryl/α,β-unsaturated/α-hetero) is 1. The number of amides is 1. The molecular weight excluding hydrogens is 166 g/mol. The van der Waals surface area contributed by atoms with Gasteiger partial charge in [-0.3, -0.25) is 9.59 Å². The van der Waals surface area contributed by atoms with E-state index in [4.69, 9.17) is 0 Å². The number of nitrogens with one attached hydrogen (secondary N) is 1. The number of carbonyl (C=O) groups is 2. The van der Waals surface area contributed by atoms with Crippen LogP contribution in [0.25, 0.3) is 0 Å². The van der Waals surface area contributed by atoms with Gasteiger partial charge in [0.1, 0.15) is 5.78 Å². The number of piperidine rings is 1. The Kier molecular flexibility index (Phi) is 3.46. The van der Waals surface area contributed by atoms with Crippen LogP contribution in [0.4, 0.5) is 0 Å². The van der Waals surface area contributed by atoms with Crippen molar-refractivity contribution in [1.29, 1.82) is 0 Å². The molecule has 3 nitrogen and oxygen atoms in total. The molecule has 1 fully saturated rings. The second kappa shape index (κ2) is 4.40. The number of carbonyl (C=O) groups excluding carboxylic acids is 2. The highest BCUT2D eigenvalue weighted by Gasteiger charge is 2.25. The van der Waals surface area contributed by atoms with Gasteiger partial charge >= 0.3 is 0 Å². The highest BCUT2D eigenvalue weighted by Crippen LogP contribution is 2.17. The predicted molar refractivity (Wildman–Crippen MR) is 50.2 cm³/mol. The number of rotatable bonds is 3. The quantitative estimate of drug-likeness (QED) is 0.713. The van der Waals surface area contributed by atoms with Crippen molar-refractivity contribution in [3.8, 4) is 0 Å². The lowest BCUT2D eigenvalue weighted by atomic mass is 9.90. The van der Waals surface area contributed by atoms with Gasteiger partial charge in [0, 0.05) is 24.8 Å². The molecule has 0 bridgehead atoms. The Morgan fingerprint density at radius 1 is 1.62 bits per heavy atom. The Labute approximate surface area is 78.9 Å². The third-order valence-electron chi connectivity index (χ3n) is 2.49. The number of hydrogen-bond acceptors (Lipinski definition) is 2. The van der Waals surface area contributed by atoms with Crippen molar-refractivity contribution in [2.45, 2.75) is 33.1 Å². The van der Waals surface area contributed by atoms with Crippen LogP contribution in [0.2, 0.25) is 0 Å². The number of hydrogen-bond donors (Lipinski definition) is 1. The minimum Gasteiger partial charge on any atom is -0.356 e. The zero-order valence-corrected chi connectivity index (χ0v) is 8.30. The van der Waals surface area contributed by atoms with Crippen LogP contribution in [0.1, 0.15) is 33.1 Å². The summed E-state index contributed by atoms with van der Waals surface area (Å²) in [6.07, 6.45) is 2.29. The molecule has 1 N–H and O–H groups in total. The van der Waals surface area contributed by atoms with Crippen molar-refractivity contribution in [2.24, 2.45) is 11.8 Å². The van der Waals surface area contributed by atoms with Crippen molar-refractivity contribution in [1.82, 2.24) is 5.32 Å². The lowest BCUT2D eigenvalue weighted by molar-refractivity contribution is -0.131. The maximum Gasteiger partial charge on any atom is 0.223 e. The maximum absolute atomic E-state index is 11.4. The molecule has 13 heavy (non-hydrogen) atoms. The van der Waals surface area contributed by atoms with E-state index in [1.807, 2.05) is 13.8 Å². The molecule has 0 aliphatic carbocycles. The summed E-state index contributed by atoms with van der Waals surface area (Å²) in [6, 6.07) is 0. The molecule has 1 atom stereocenters. The van der Waals surface area contributed by atoms with Gasteiger partial charge < -0.3 is 5.32 Å². The van der Waals surface area contributed by atoms with E-state index in [-0.39, 0.29) is 23.5 Å². The second-order valence-electron chi connectivity index (χ2n) is 3.96. The fourth-order valence-corrected chi connectivity index (χ4v) is 1.51. The number of ketones is 1. The van der Waals surface area contributed by atoms with Gasteiger partial charge in [-0.15, -0.1) is 0 Å². The second-order valence-corrected chi connectivity index (χ2v) is 3.96. The lowest BCUT2D eigenvalue weighted by Crippen LogP contribution is -2.37. The highest BCUT2D eigenvalue weighted by molar-refractivity contribution is 5.87. The summed E-state index contributed by atoms with van der Waals surface area (Å²) in [5.41, 5.74) is 0. The SMILES string of the molecule is CC(C)C(=O)CC1CCCNC1=O. The summed E-state index contributed by atoms with van der Waals surface area (Å²) in [7, 11) is 0. The van der Waals surface area contributed by atoms with Crippen LogP contribution in [-0.4, -0.2) is 18.2 Å². The standard InChI is InChI=1S/C10H17NO2/c1-7(2)9(12)6-8-4-3-5-11-10(8)13/h7-8H,3-6H2,1-2H3,(H,11,13). The molecule has 1 aliphatic heterocycles.